The monoisotopic (exact) mass is 426 g/mol. The number of rotatable bonds is 3. The third-order valence-electron chi connectivity index (χ3n) is 6.35. The summed E-state index contributed by atoms with van der Waals surface area (Å²) in [6.07, 6.45) is 3.23. The molecule has 1 aromatic rings. The van der Waals surface area contributed by atoms with E-state index in [2.05, 4.69) is 6.08 Å². The van der Waals surface area contributed by atoms with Crippen molar-refractivity contribution in [3.63, 3.8) is 0 Å². The Morgan fingerprint density at radius 3 is 2.61 bits per heavy atom. The van der Waals surface area contributed by atoms with E-state index in [1.807, 2.05) is 27.7 Å². The minimum absolute atomic E-state index is 0.0484. The Hall–Kier alpha value is -2.73. The number of carbonyl (C=O) groups excluding carboxylic acids is 1. The van der Waals surface area contributed by atoms with Crippen molar-refractivity contribution in [1.82, 2.24) is 0 Å². The number of ether oxygens (including phenoxy) is 2. The normalized spacial score (nSPS) is 27.4. The van der Waals surface area contributed by atoms with Gasteiger partial charge in [-0.15, -0.1) is 0 Å². The van der Waals surface area contributed by atoms with Gasteiger partial charge in [0.2, 0.25) is 0 Å². The van der Waals surface area contributed by atoms with Crippen LogP contribution in [0, 0.1) is 5.92 Å². The second-order valence-electron chi connectivity index (χ2n) is 9.53. The second kappa shape index (κ2) is 7.75. The molecule has 3 aliphatic rings. The van der Waals surface area contributed by atoms with Gasteiger partial charge in [-0.3, -0.25) is 4.79 Å². The maximum atomic E-state index is 13.2. The van der Waals surface area contributed by atoms with E-state index >= 15 is 0 Å². The molecule has 6 heteroatoms. The summed E-state index contributed by atoms with van der Waals surface area (Å²) in [5.41, 5.74) is 2.52. The Bertz CT molecular complexity index is 1010. The number of allylic oxidation sites excluding steroid dienone is 3. The van der Waals surface area contributed by atoms with E-state index < -0.39 is 6.10 Å². The van der Waals surface area contributed by atoms with Crippen molar-refractivity contribution in [3.05, 3.63) is 58.1 Å². The number of phenolic OH excluding ortho intramolecular Hbond substituents is 2. The number of aliphatic hydroxyl groups is 1. The van der Waals surface area contributed by atoms with Crippen LogP contribution in [0.3, 0.4) is 0 Å². The highest BCUT2D eigenvalue weighted by molar-refractivity contribution is 6.01. The van der Waals surface area contributed by atoms with Gasteiger partial charge in [0.15, 0.2) is 17.3 Å². The van der Waals surface area contributed by atoms with E-state index in [9.17, 15) is 20.1 Å². The molecular formula is C25H30O6. The summed E-state index contributed by atoms with van der Waals surface area (Å²) in [7, 11) is 0. The smallest absolute Gasteiger partial charge is 0.174 e. The van der Waals surface area contributed by atoms with Crippen LogP contribution in [0.25, 0.3) is 0 Å². The van der Waals surface area contributed by atoms with E-state index in [1.165, 1.54) is 12.1 Å². The molecule has 6 nitrogen and oxygen atoms in total. The molecule has 0 spiro atoms. The molecule has 0 bridgehead atoms. The van der Waals surface area contributed by atoms with Crippen LogP contribution in [0.4, 0.5) is 0 Å². The van der Waals surface area contributed by atoms with E-state index in [1.54, 1.807) is 6.07 Å². The van der Waals surface area contributed by atoms with Crippen LogP contribution < -0.4 is 0 Å². The first-order chi connectivity index (χ1) is 14.6. The predicted molar refractivity (Wildman–Crippen MR) is 116 cm³/mol. The molecule has 4 rings (SSSR count). The molecule has 2 saturated heterocycles. The number of aromatic hydroxyl groups is 2. The van der Waals surface area contributed by atoms with Crippen molar-refractivity contribution in [2.45, 2.75) is 71.2 Å². The van der Waals surface area contributed by atoms with Crippen molar-refractivity contribution >= 4 is 5.78 Å². The van der Waals surface area contributed by atoms with Crippen LogP contribution in [0.5, 0.6) is 11.5 Å². The summed E-state index contributed by atoms with van der Waals surface area (Å²) in [6, 6.07) is 4.41. The van der Waals surface area contributed by atoms with Gasteiger partial charge in [0.05, 0.1) is 23.7 Å². The number of hydrogen-bond donors (Lipinski definition) is 3. The summed E-state index contributed by atoms with van der Waals surface area (Å²) in [6.45, 7) is 8.11. The van der Waals surface area contributed by atoms with E-state index in [0.29, 0.717) is 17.7 Å². The van der Waals surface area contributed by atoms with Crippen LogP contribution in [0.2, 0.25) is 0 Å². The zero-order valence-corrected chi connectivity index (χ0v) is 18.4. The Labute approximate surface area is 182 Å². The Morgan fingerprint density at radius 1 is 1.19 bits per heavy atom. The highest BCUT2D eigenvalue weighted by Crippen LogP contribution is 2.49. The van der Waals surface area contributed by atoms with Gasteiger partial charge in [0, 0.05) is 11.5 Å². The Kier molecular flexibility index (Phi) is 5.38. The number of aliphatic hydroxyl groups excluding tert-OH is 1. The lowest BCUT2D eigenvalue weighted by Crippen LogP contribution is -2.46. The van der Waals surface area contributed by atoms with E-state index in [-0.39, 0.29) is 52.7 Å². The lowest BCUT2D eigenvalue weighted by Gasteiger charge is -2.46. The van der Waals surface area contributed by atoms with Gasteiger partial charge in [-0.05, 0) is 64.7 Å². The molecular weight excluding hydrogens is 396 g/mol. The third-order valence-corrected chi connectivity index (χ3v) is 6.35. The Balaban J connectivity index is 1.81. The number of ketones is 1. The molecule has 2 fully saturated rings. The fraction of sp³-hybridized carbons (Fsp3) is 0.480. The number of carbonyl (C=O) groups is 1. The number of phenols is 2. The quantitative estimate of drug-likeness (QED) is 0.458. The first-order valence-electron chi connectivity index (χ1n) is 10.8. The van der Waals surface area contributed by atoms with Crippen molar-refractivity contribution < 1.29 is 29.6 Å². The number of hydrogen-bond acceptors (Lipinski definition) is 6. The SMILES string of the molecule is CC(C)=CCC1=C2OC(c3ccc(O)c(O)c3)CC(=O)C2=C(O)C2CCC(C)(C)OC12. The minimum Gasteiger partial charge on any atom is -0.511 e. The van der Waals surface area contributed by atoms with Gasteiger partial charge in [0.25, 0.3) is 0 Å². The fourth-order valence-corrected chi connectivity index (χ4v) is 4.63. The molecule has 3 unspecified atom stereocenters. The molecule has 0 aromatic heterocycles. The van der Waals surface area contributed by atoms with E-state index in [4.69, 9.17) is 9.47 Å². The van der Waals surface area contributed by atoms with Gasteiger partial charge >= 0.3 is 0 Å². The first kappa shape index (κ1) is 21.5. The summed E-state index contributed by atoms with van der Waals surface area (Å²) in [5.74, 6) is -0.483. The largest absolute Gasteiger partial charge is 0.511 e. The maximum Gasteiger partial charge on any atom is 0.174 e. The summed E-state index contributed by atoms with van der Waals surface area (Å²) in [5, 5.41) is 30.6. The molecule has 166 valence electrons. The minimum atomic E-state index is -0.625. The third kappa shape index (κ3) is 3.97. The van der Waals surface area contributed by atoms with E-state index in [0.717, 1.165) is 24.0 Å². The predicted octanol–water partition coefficient (Wildman–Crippen LogP) is 5.14. The molecule has 31 heavy (non-hydrogen) atoms. The number of fused-ring (bicyclic) bond motifs is 2. The zero-order valence-electron chi connectivity index (χ0n) is 18.4. The molecule has 3 N–H and O–H groups in total. The molecule has 2 heterocycles. The summed E-state index contributed by atoms with van der Waals surface area (Å²) < 4.78 is 12.7. The zero-order chi connectivity index (χ0) is 22.5. The lowest BCUT2D eigenvalue weighted by atomic mass is 9.74. The van der Waals surface area contributed by atoms with Gasteiger partial charge in [-0.25, -0.2) is 0 Å². The number of benzene rings is 1. The van der Waals surface area contributed by atoms with Crippen LogP contribution in [0.15, 0.2) is 52.5 Å². The van der Waals surface area contributed by atoms with Gasteiger partial charge in [-0.1, -0.05) is 17.7 Å². The van der Waals surface area contributed by atoms with Gasteiger partial charge in [0.1, 0.15) is 17.6 Å². The van der Waals surface area contributed by atoms with Crippen molar-refractivity contribution in [2.24, 2.45) is 5.92 Å². The second-order valence-corrected chi connectivity index (χ2v) is 9.53. The van der Waals surface area contributed by atoms with Crippen LogP contribution in [-0.4, -0.2) is 32.8 Å². The van der Waals surface area contributed by atoms with Crippen molar-refractivity contribution in [2.75, 3.05) is 0 Å². The number of Topliss-reactive ketones (excluding diaryl/α,β-unsaturated/α-hetero) is 1. The molecule has 2 aliphatic heterocycles. The fourth-order valence-electron chi connectivity index (χ4n) is 4.63. The average Bonchev–Trinajstić information content (AvgIpc) is 2.68. The first-order valence-corrected chi connectivity index (χ1v) is 10.8. The van der Waals surface area contributed by atoms with Crippen molar-refractivity contribution in [1.29, 1.82) is 0 Å². The molecule has 1 aliphatic carbocycles. The van der Waals surface area contributed by atoms with Crippen LogP contribution in [0.1, 0.15) is 65.0 Å². The van der Waals surface area contributed by atoms with Crippen molar-refractivity contribution in [3.8, 4) is 11.5 Å². The molecule has 0 radical (unpaired) electrons. The molecule has 1 aromatic carbocycles. The highest BCUT2D eigenvalue weighted by atomic mass is 16.5. The van der Waals surface area contributed by atoms with Gasteiger partial charge < -0.3 is 24.8 Å². The van der Waals surface area contributed by atoms with Crippen LogP contribution in [-0.2, 0) is 14.3 Å². The Morgan fingerprint density at radius 2 is 1.94 bits per heavy atom. The molecule has 0 saturated carbocycles. The summed E-state index contributed by atoms with van der Waals surface area (Å²) >= 11 is 0. The topological polar surface area (TPSA) is 96.2 Å². The maximum absolute atomic E-state index is 13.2. The highest BCUT2D eigenvalue weighted by Gasteiger charge is 2.48. The lowest BCUT2D eigenvalue weighted by molar-refractivity contribution is -0.128. The molecule has 0 amide bonds. The van der Waals surface area contributed by atoms with Crippen LogP contribution >= 0.6 is 0 Å². The van der Waals surface area contributed by atoms with Gasteiger partial charge in [-0.2, -0.15) is 0 Å². The molecule has 3 atom stereocenters. The summed E-state index contributed by atoms with van der Waals surface area (Å²) in [4.78, 5) is 13.2. The average molecular weight is 427 g/mol. The standard InChI is InChI=1S/C25H30O6/c1-13(2)5-7-16-23-15(9-10-25(3,4)31-23)22(29)21-19(28)12-20(30-24(16)21)14-6-8-17(26)18(27)11-14/h5-6,8,11,15,20,23,26-27,29H,7,9-10,12H2,1-4H3.